The molecule has 3 saturated heterocycles. The second-order valence-corrected chi connectivity index (χ2v) is 15.3. The number of alkyl halides is 12. The van der Waals surface area contributed by atoms with Crippen molar-refractivity contribution in [2.24, 2.45) is 11.8 Å². The van der Waals surface area contributed by atoms with Crippen LogP contribution < -0.4 is 4.74 Å². The summed E-state index contributed by atoms with van der Waals surface area (Å²) in [5.41, 5.74) is -7.23. The van der Waals surface area contributed by atoms with E-state index >= 15 is 0 Å². The van der Waals surface area contributed by atoms with Gasteiger partial charge in [-0.25, -0.2) is 0 Å². The van der Waals surface area contributed by atoms with Crippen LogP contribution in [0.15, 0.2) is 97.7 Å². The highest BCUT2D eigenvalue weighted by molar-refractivity contribution is 5.84. The van der Waals surface area contributed by atoms with E-state index in [0.29, 0.717) is 72.4 Å². The second-order valence-electron chi connectivity index (χ2n) is 15.3. The lowest BCUT2D eigenvalue weighted by molar-refractivity contribution is -0.984. The lowest BCUT2D eigenvalue weighted by atomic mass is 9.71. The van der Waals surface area contributed by atoms with Crippen molar-refractivity contribution in [1.82, 2.24) is 4.98 Å². The van der Waals surface area contributed by atoms with E-state index in [-0.39, 0.29) is 51.7 Å². The summed E-state index contributed by atoms with van der Waals surface area (Å²) in [5, 5.41) is 12.9. The Morgan fingerprint density at radius 3 is 1.71 bits per heavy atom. The van der Waals surface area contributed by atoms with Gasteiger partial charge in [-0.05, 0) is 113 Å². The average molecular weight is 840 g/mol. The van der Waals surface area contributed by atoms with Crippen LogP contribution in [0.5, 0.6) is 5.75 Å². The van der Waals surface area contributed by atoms with Crippen LogP contribution in [0.2, 0.25) is 0 Å². The predicted octanol–water partition coefficient (Wildman–Crippen LogP) is 12.3. The first-order chi connectivity index (χ1) is 27.5. The van der Waals surface area contributed by atoms with Crippen molar-refractivity contribution < 1.29 is 67.0 Å². The van der Waals surface area contributed by atoms with E-state index in [0.717, 1.165) is 6.07 Å². The van der Waals surface area contributed by atoms with E-state index in [1.807, 2.05) is 0 Å². The highest BCUT2D eigenvalue weighted by Crippen LogP contribution is 2.49. The third kappa shape index (κ3) is 8.38. The largest absolute Gasteiger partial charge is 0.497 e. The van der Waals surface area contributed by atoms with Crippen molar-refractivity contribution >= 4 is 10.9 Å². The zero-order valence-electron chi connectivity index (χ0n) is 31.0. The maximum Gasteiger partial charge on any atom is 0.416 e. The smallest absolute Gasteiger partial charge is 0.416 e. The standard InChI is InChI=1S/C43H35F12N2O2/c1-3-24-22-57(9-7-25(24)17-38(57)39(58)35-6-8-56-37-5-4-34(59-2)20-36(35)37)21-23-10-26(28-13-30(40(44,45)46)18-31(14-28)41(47,48)49)12-27(11-23)29-15-32(42(50,51)52)19-33(16-29)43(53,54)55/h3-6,8,10-16,18-20,24-25,38-39,58H,1,7,9,17,21-22H2,2H3/q+1/t24-,25-,38-,39-,57?/m0/s1. The number of methoxy groups -OCH3 is 1. The normalized spacial score (nSPS) is 21.8. The number of hydrogen-bond acceptors (Lipinski definition) is 3. The van der Waals surface area contributed by atoms with Gasteiger partial charge in [-0.1, -0.05) is 6.08 Å². The SMILES string of the molecule is C=C[C@H]1C[N+]2(Cc3cc(-c4cc(C(F)(F)F)cc(C(F)(F)F)c4)cc(-c4cc(C(F)(F)F)cc(C(F)(F)F)c4)c3)CC[C@H]1C[C@H]2[C@@H](O)c1ccnc2ccc(OC)cc12. The molecular formula is C43H35F12N2O2+. The van der Waals surface area contributed by atoms with Crippen molar-refractivity contribution in [2.75, 3.05) is 20.2 Å². The van der Waals surface area contributed by atoms with Gasteiger partial charge in [0.1, 0.15) is 24.4 Å². The number of aliphatic hydroxyl groups is 1. The topological polar surface area (TPSA) is 42.4 Å². The number of rotatable bonds is 8. The third-order valence-electron chi connectivity index (χ3n) is 11.7. The van der Waals surface area contributed by atoms with E-state index < -0.39 is 70.2 Å². The van der Waals surface area contributed by atoms with Crippen LogP contribution in [0.3, 0.4) is 0 Å². The van der Waals surface area contributed by atoms with Crippen molar-refractivity contribution in [3.05, 3.63) is 131 Å². The Morgan fingerprint density at radius 2 is 1.24 bits per heavy atom. The van der Waals surface area contributed by atoms with Crippen LogP contribution in [0, 0.1) is 11.8 Å². The number of fused-ring (bicyclic) bond motifs is 4. The molecule has 312 valence electrons. The Balaban J connectivity index is 1.44. The van der Waals surface area contributed by atoms with E-state index in [4.69, 9.17) is 4.74 Å². The first kappa shape index (κ1) is 42.0. The first-order valence-corrected chi connectivity index (χ1v) is 18.3. The number of pyridine rings is 1. The maximum atomic E-state index is 14.0. The van der Waals surface area contributed by atoms with Crippen molar-refractivity contribution in [3.8, 4) is 28.0 Å². The molecule has 3 aliphatic heterocycles. The Kier molecular flexibility index (Phi) is 10.6. The lowest BCUT2D eigenvalue weighted by Crippen LogP contribution is -2.67. The molecule has 0 spiro atoms. The molecule has 1 aromatic heterocycles. The molecule has 59 heavy (non-hydrogen) atoms. The zero-order chi connectivity index (χ0) is 42.9. The lowest BCUT2D eigenvalue weighted by Gasteiger charge is -2.58. The summed E-state index contributed by atoms with van der Waals surface area (Å²) in [6.07, 6.45) is -17.7. The molecule has 4 heterocycles. The predicted molar refractivity (Wildman–Crippen MR) is 194 cm³/mol. The molecule has 3 fully saturated rings. The quantitative estimate of drug-likeness (QED) is 0.0961. The Labute approximate surface area is 330 Å². The molecule has 0 aliphatic carbocycles. The van der Waals surface area contributed by atoms with Gasteiger partial charge >= 0.3 is 24.7 Å². The fraction of sp³-hybridized carbons (Fsp3) is 0.326. The van der Waals surface area contributed by atoms with Crippen LogP contribution in [0.4, 0.5) is 52.7 Å². The summed E-state index contributed by atoms with van der Waals surface area (Å²) < 4.78 is 174. The second kappa shape index (κ2) is 14.9. The molecule has 1 N–H and O–H groups in total. The highest BCUT2D eigenvalue weighted by atomic mass is 19.4. The number of benzene rings is 4. The fourth-order valence-electron chi connectivity index (χ4n) is 8.84. The number of hydrogen-bond donors (Lipinski definition) is 1. The maximum absolute atomic E-state index is 14.0. The van der Waals surface area contributed by atoms with Crippen molar-refractivity contribution in [1.29, 1.82) is 0 Å². The molecule has 16 heteroatoms. The van der Waals surface area contributed by atoms with Gasteiger partial charge in [0, 0.05) is 35.9 Å². The van der Waals surface area contributed by atoms with Gasteiger partial charge in [0.25, 0.3) is 0 Å². The molecule has 4 aromatic carbocycles. The van der Waals surface area contributed by atoms with E-state index in [1.165, 1.54) is 25.4 Å². The molecule has 2 bridgehead atoms. The third-order valence-corrected chi connectivity index (χ3v) is 11.7. The fourth-order valence-corrected chi connectivity index (χ4v) is 8.84. The number of piperidine rings is 3. The minimum absolute atomic E-state index is 0.0534. The molecule has 0 amide bonds. The highest BCUT2D eigenvalue weighted by Gasteiger charge is 2.54. The Bertz CT molecular complexity index is 2240. The summed E-state index contributed by atoms with van der Waals surface area (Å²) in [5.74, 6) is 0.504. The average Bonchev–Trinajstić information content (AvgIpc) is 3.18. The summed E-state index contributed by atoms with van der Waals surface area (Å²) in [7, 11) is 1.48. The number of quaternary nitrogens is 1. The molecule has 5 atom stereocenters. The van der Waals surface area contributed by atoms with Gasteiger partial charge in [-0.15, -0.1) is 6.58 Å². The first-order valence-electron chi connectivity index (χ1n) is 18.3. The van der Waals surface area contributed by atoms with Crippen LogP contribution in [-0.4, -0.2) is 40.8 Å². The number of ether oxygens (including phenoxy) is 1. The number of nitrogens with zero attached hydrogens (tertiary/aromatic N) is 2. The minimum atomic E-state index is -5.25. The summed E-state index contributed by atoms with van der Waals surface area (Å²) in [6.45, 7) is 4.75. The molecule has 8 rings (SSSR count). The van der Waals surface area contributed by atoms with Gasteiger partial charge in [-0.2, -0.15) is 52.7 Å². The van der Waals surface area contributed by atoms with E-state index in [1.54, 1.807) is 30.3 Å². The van der Waals surface area contributed by atoms with Gasteiger partial charge < -0.3 is 14.3 Å². The summed E-state index contributed by atoms with van der Waals surface area (Å²) >= 11 is 0. The minimum Gasteiger partial charge on any atom is -0.497 e. The molecule has 0 saturated carbocycles. The van der Waals surface area contributed by atoms with Gasteiger partial charge in [0.2, 0.25) is 0 Å². The molecular weight excluding hydrogens is 804 g/mol. The van der Waals surface area contributed by atoms with Gasteiger partial charge in [0.15, 0.2) is 0 Å². The van der Waals surface area contributed by atoms with Crippen LogP contribution >= 0.6 is 0 Å². The number of halogens is 12. The van der Waals surface area contributed by atoms with Crippen molar-refractivity contribution in [2.45, 2.75) is 56.2 Å². The van der Waals surface area contributed by atoms with Crippen LogP contribution in [-0.2, 0) is 31.2 Å². The molecule has 3 aliphatic rings. The Hall–Kier alpha value is -5.09. The molecule has 5 aromatic rings. The number of aromatic nitrogens is 1. The monoisotopic (exact) mass is 839 g/mol. The molecule has 4 nitrogen and oxygen atoms in total. The number of aliphatic hydroxyl groups excluding tert-OH is 1. The summed E-state index contributed by atoms with van der Waals surface area (Å²) in [4.78, 5) is 4.40. The Morgan fingerprint density at radius 1 is 0.729 bits per heavy atom. The zero-order valence-corrected chi connectivity index (χ0v) is 31.0. The van der Waals surface area contributed by atoms with Crippen LogP contribution in [0.1, 0.15) is 52.3 Å². The molecule has 0 radical (unpaired) electrons. The summed E-state index contributed by atoms with van der Waals surface area (Å²) in [6, 6.07) is 11.5. The van der Waals surface area contributed by atoms with Crippen molar-refractivity contribution in [3.63, 3.8) is 0 Å². The van der Waals surface area contributed by atoms with E-state index in [2.05, 4.69) is 11.6 Å². The van der Waals surface area contributed by atoms with Gasteiger partial charge in [0.05, 0.1) is 48.0 Å². The van der Waals surface area contributed by atoms with Crippen LogP contribution in [0.25, 0.3) is 33.2 Å². The molecule has 1 unspecified atom stereocenters. The van der Waals surface area contributed by atoms with E-state index in [9.17, 15) is 57.8 Å². The van der Waals surface area contributed by atoms with Gasteiger partial charge in [-0.3, -0.25) is 4.98 Å².